The topological polar surface area (TPSA) is 63.4 Å². The maximum atomic E-state index is 13.1. The molecule has 2 atom stereocenters. The van der Waals surface area contributed by atoms with Gasteiger partial charge in [-0.3, -0.25) is 9.20 Å². The molecule has 6 rings (SSSR count). The number of hydrogen-bond acceptors (Lipinski definition) is 6. The molecule has 31 heavy (non-hydrogen) atoms. The van der Waals surface area contributed by atoms with Crippen molar-refractivity contribution >= 4 is 50.6 Å². The third kappa shape index (κ3) is 3.07. The van der Waals surface area contributed by atoms with Crippen molar-refractivity contribution in [2.24, 2.45) is 5.92 Å². The van der Waals surface area contributed by atoms with Gasteiger partial charge in [0.25, 0.3) is 0 Å². The summed E-state index contributed by atoms with van der Waals surface area (Å²) in [6.45, 7) is 4.43. The van der Waals surface area contributed by atoms with Crippen molar-refractivity contribution in [1.29, 1.82) is 0 Å². The summed E-state index contributed by atoms with van der Waals surface area (Å²) in [5.41, 5.74) is 4.55. The third-order valence-corrected chi connectivity index (χ3v) is 8.56. The minimum atomic E-state index is 0.107. The van der Waals surface area contributed by atoms with Crippen LogP contribution in [0.5, 0.6) is 0 Å². The minimum Gasteiger partial charge on any atom is -0.308 e. The molecule has 1 aliphatic heterocycles. The maximum absolute atomic E-state index is 13.1. The van der Waals surface area contributed by atoms with E-state index in [0.717, 1.165) is 51.9 Å². The number of thiophene rings is 1. The number of carbonyl (C=O) groups is 1. The molecule has 2 aliphatic rings. The number of anilines is 1. The van der Waals surface area contributed by atoms with Crippen LogP contribution < -0.4 is 4.90 Å². The summed E-state index contributed by atoms with van der Waals surface area (Å²) in [7, 11) is 0. The van der Waals surface area contributed by atoms with Crippen LogP contribution in [0.4, 0.5) is 5.69 Å². The van der Waals surface area contributed by atoms with E-state index in [1.807, 2.05) is 33.8 Å². The molecule has 4 aromatic rings. The highest BCUT2D eigenvalue weighted by atomic mass is 32.2. The molecule has 1 aliphatic carbocycles. The van der Waals surface area contributed by atoms with Crippen LogP contribution in [-0.4, -0.2) is 37.3 Å². The molecule has 0 radical (unpaired) electrons. The maximum Gasteiger partial charge on any atom is 0.237 e. The summed E-state index contributed by atoms with van der Waals surface area (Å²) < 4.78 is 1.95. The summed E-state index contributed by atoms with van der Waals surface area (Å²) in [4.78, 5) is 22.2. The lowest BCUT2D eigenvalue weighted by molar-refractivity contribution is -0.116. The van der Waals surface area contributed by atoms with Crippen molar-refractivity contribution in [2.45, 2.75) is 50.7 Å². The fourth-order valence-electron chi connectivity index (χ4n) is 4.96. The number of aromatic nitrogens is 4. The molecule has 1 aromatic carbocycles. The smallest absolute Gasteiger partial charge is 0.237 e. The number of hydrogen-bond donors (Lipinski definition) is 0. The van der Waals surface area contributed by atoms with Gasteiger partial charge in [0.2, 0.25) is 5.91 Å². The van der Waals surface area contributed by atoms with Gasteiger partial charge < -0.3 is 4.90 Å². The second-order valence-corrected chi connectivity index (χ2v) is 10.7. The van der Waals surface area contributed by atoms with Crippen molar-refractivity contribution in [1.82, 2.24) is 19.6 Å². The summed E-state index contributed by atoms with van der Waals surface area (Å²) in [5.74, 6) is 1.16. The van der Waals surface area contributed by atoms with Crippen LogP contribution in [0.15, 0.2) is 35.7 Å². The Labute approximate surface area is 188 Å². The number of thioether (sulfide) groups is 1. The lowest BCUT2D eigenvalue weighted by atomic mass is 9.89. The molecule has 8 heteroatoms. The van der Waals surface area contributed by atoms with E-state index < -0.39 is 0 Å². The number of aryl methyl sites for hydroxylation is 1. The van der Waals surface area contributed by atoms with Gasteiger partial charge in [-0.2, -0.15) is 0 Å². The van der Waals surface area contributed by atoms with Crippen LogP contribution in [0.2, 0.25) is 0 Å². The summed E-state index contributed by atoms with van der Waals surface area (Å²) in [6, 6.07) is 8.36. The van der Waals surface area contributed by atoms with Gasteiger partial charge in [-0.25, -0.2) is 4.98 Å². The number of carbonyl (C=O) groups excluding carboxylic acids is 1. The lowest BCUT2D eigenvalue weighted by Crippen LogP contribution is -2.37. The fourth-order valence-corrected chi connectivity index (χ4v) is 7.07. The zero-order valence-corrected chi connectivity index (χ0v) is 19.2. The largest absolute Gasteiger partial charge is 0.308 e. The van der Waals surface area contributed by atoms with Crippen molar-refractivity contribution in [3.8, 4) is 0 Å². The molecule has 4 heterocycles. The van der Waals surface area contributed by atoms with Crippen LogP contribution in [0.25, 0.3) is 15.9 Å². The molecule has 3 aromatic heterocycles. The summed E-state index contributed by atoms with van der Waals surface area (Å²) in [6.07, 6.45) is 6.13. The van der Waals surface area contributed by atoms with Crippen LogP contribution in [-0.2, 0) is 24.1 Å². The van der Waals surface area contributed by atoms with Gasteiger partial charge >= 0.3 is 0 Å². The Kier molecular flexibility index (Phi) is 4.54. The van der Waals surface area contributed by atoms with Crippen molar-refractivity contribution < 1.29 is 4.79 Å². The van der Waals surface area contributed by atoms with Crippen LogP contribution >= 0.6 is 23.1 Å². The Morgan fingerprint density at radius 2 is 2.10 bits per heavy atom. The second kappa shape index (κ2) is 7.31. The Balaban J connectivity index is 1.29. The number of para-hydroxylation sites is 1. The van der Waals surface area contributed by atoms with E-state index in [1.54, 1.807) is 11.3 Å². The number of rotatable bonds is 3. The van der Waals surface area contributed by atoms with Gasteiger partial charge in [0, 0.05) is 16.6 Å². The molecule has 0 saturated heterocycles. The normalized spacial score (nSPS) is 20.4. The standard InChI is InChI=1S/C23H23N5OS2/c1-13-7-8-16-18(9-13)31-22-20(16)21-25-26-23(27(21)12-24-22)30-11-19(29)28-14(2)10-15-5-3-4-6-17(15)28/h3-6,12-14H,7-11H2,1-2H3/t13-,14+/m1/s1. The van der Waals surface area contributed by atoms with Gasteiger partial charge in [0.15, 0.2) is 10.8 Å². The van der Waals surface area contributed by atoms with Crippen molar-refractivity contribution in [2.75, 3.05) is 10.7 Å². The van der Waals surface area contributed by atoms with E-state index in [1.165, 1.54) is 34.2 Å². The third-order valence-electron chi connectivity index (χ3n) is 6.47. The Morgan fingerprint density at radius 3 is 3.00 bits per heavy atom. The molecule has 0 unspecified atom stereocenters. The molecular formula is C23H23N5OS2. The van der Waals surface area contributed by atoms with Crippen molar-refractivity contribution in [3.63, 3.8) is 0 Å². The highest BCUT2D eigenvalue weighted by Gasteiger charge is 2.31. The average Bonchev–Trinajstić information content (AvgIpc) is 3.43. The van der Waals surface area contributed by atoms with E-state index in [4.69, 9.17) is 4.98 Å². The fraction of sp³-hybridized carbons (Fsp3) is 0.391. The molecule has 158 valence electrons. The number of amides is 1. The molecule has 0 spiro atoms. The summed E-state index contributed by atoms with van der Waals surface area (Å²) in [5, 5.41) is 10.8. The van der Waals surface area contributed by atoms with E-state index in [9.17, 15) is 4.79 Å². The molecular weight excluding hydrogens is 426 g/mol. The Morgan fingerprint density at radius 1 is 1.23 bits per heavy atom. The Bertz CT molecular complexity index is 1330. The van der Waals surface area contributed by atoms with Crippen LogP contribution in [0.3, 0.4) is 0 Å². The quantitative estimate of drug-likeness (QED) is 0.430. The highest BCUT2D eigenvalue weighted by Crippen LogP contribution is 2.39. The number of benzene rings is 1. The van der Waals surface area contributed by atoms with Crippen molar-refractivity contribution in [3.05, 3.63) is 46.6 Å². The average molecular weight is 450 g/mol. The number of nitrogens with zero attached hydrogens (tertiary/aromatic N) is 5. The molecule has 0 bridgehead atoms. The van der Waals surface area contributed by atoms with Gasteiger partial charge in [-0.1, -0.05) is 36.9 Å². The Hall–Kier alpha value is -2.45. The van der Waals surface area contributed by atoms with E-state index in [0.29, 0.717) is 5.75 Å². The van der Waals surface area contributed by atoms with Gasteiger partial charge in [0.05, 0.1) is 11.1 Å². The molecule has 0 fully saturated rings. The zero-order chi connectivity index (χ0) is 21.1. The molecule has 6 nitrogen and oxygen atoms in total. The first-order valence-electron chi connectivity index (χ1n) is 10.8. The molecule has 0 N–H and O–H groups in total. The SMILES string of the molecule is C[C@@H]1CCc2c(sc3ncn4c(SCC(=O)N5c6ccccc6C[C@@H]5C)nnc4c23)C1. The van der Waals surface area contributed by atoms with E-state index >= 15 is 0 Å². The van der Waals surface area contributed by atoms with E-state index in [-0.39, 0.29) is 11.9 Å². The minimum absolute atomic E-state index is 0.107. The van der Waals surface area contributed by atoms with Crippen LogP contribution in [0.1, 0.15) is 36.3 Å². The predicted molar refractivity (Wildman–Crippen MR) is 125 cm³/mol. The predicted octanol–water partition coefficient (Wildman–Crippen LogP) is 4.53. The molecule has 0 saturated carbocycles. The lowest BCUT2D eigenvalue weighted by Gasteiger charge is -2.22. The first-order chi connectivity index (χ1) is 15.1. The number of fused-ring (bicyclic) bond motifs is 6. The first-order valence-corrected chi connectivity index (χ1v) is 12.6. The van der Waals surface area contributed by atoms with Gasteiger partial charge in [0.1, 0.15) is 11.2 Å². The summed E-state index contributed by atoms with van der Waals surface area (Å²) >= 11 is 3.24. The van der Waals surface area contributed by atoms with Gasteiger partial charge in [-0.15, -0.1) is 21.5 Å². The molecule has 1 amide bonds. The monoisotopic (exact) mass is 449 g/mol. The first kappa shape index (κ1) is 19.3. The highest BCUT2D eigenvalue weighted by molar-refractivity contribution is 7.99. The zero-order valence-electron chi connectivity index (χ0n) is 17.5. The second-order valence-electron chi connectivity index (χ2n) is 8.69. The van der Waals surface area contributed by atoms with Gasteiger partial charge in [-0.05, 0) is 55.7 Å². The van der Waals surface area contributed by atoms with Crippen LogP contribution in [0, 0.1) is 5.92 Å². The van der Waals surface area contributed by atoms with E-state index in [2.05, 4.69) is 30.1 Å².